The maximum Gasteiger partial charge on any atom is 0.258 e. The topological polar surface area (TPSA) is 90.3 Å². The smallest absolute Gasteiger partial charge is 0.258 e. The third-order valence-electron chi connectivity index (χ3n) is 5.38. The molecule has 6 nitrogen and oxygen atoms in total. The number of halogens is 2. The second-order valence-electron chi connectivity index (χ2n) is 7.21. The number of benzene rings is 1. The van der Waals surface area contributed by atoms with Crippen LogP contribution in [0, 0.1) is 18.3 Å². The number of rotatable bonds is 3. The molecule has 1 fully saturated rings. The van der Waals surface area contributed by atoms with Crippen LogP contribution in [0.15, 0.2) is 40.5 Å². The average molecular weight is 432 g/mol. The molecule has 1 aromatic heterocycles. The number of pyridine rings is 1. The highest BCUT2D eigenvalue weighted by molar-refractivity contribution is 6.42. The standard InChI is InChI=1S/C21H19Cl2N3O3/c1-11-7-17-19(21(27)26(11)10-13-3-2-6-28-13)18(14(9-24)20(25)29-17)12-4-5-15(22)16(23)8-12/h4-5,7-8,13,18H,2-3,6,10,25H2,1H3. The van der Waals surface area contributed by atoms with Crippen molar-refractivity contribution in [1.82, 2.24) is 4.57 Å². The SMILES string of the molecule is Cc1cc2c(c(=O)n1CC1CCCO1)C(c1ccc(Cl)c(Cl)c1)C(C#N)=C(N)O2. The van der Waals surface area contributed by atoms with Crippen LogP contribution in [0.2, 0.25) is 10.0 Å². The minimum atomic E-state index is -0.692. The fraction of sp³-hybridized carbons (Fsp3) is 0.333. The number of hydrogen-bond acceptors (Lipinski definition) is 5. The molecule has 0 aliphatic carbocycles. The van der Waals surface area contributed by atoms with Gasteiger partial charge in [0.15, 0.2) is 0 Å². The van der Waals surface area contributed by atoms with Gasteiger partial charge in [0.25, 0.3) is 5.56 Å². The van der Waals surface area contributed by atoms with Crippen LogP contribution in [0.4, 0.5) is 0 Å². The predicted octanol–water partition coefficient (Wildman–Crippen LogP) is 3.86. The number of nitrogens with zero attached hydrogens (tertiary/aromatic N) is 2. The van der Waals surface area contributed by atoms with Crippen LogP contribution in [0.1, 0.15) is 35.6 Å². The minimum Gasteiger partial charge on any atom is -0.440 e. The van der Waals surface area contributed by atoms with Crippen molar-refractivity contribution >= 4 is 23.2 Å². The molecule has 4 rings (SSSR count). The summed E-state index contributed by atoms with van der Waals surface area (Å²) in [6.07, 6.45) is 1.89. The molecule has 1 aromatic carbocycles. The van der Waals surface area contributed by atoms with E-state index in [4.69, 9.17) is 38.4 Å². The van der Waals surface area contributed by atoms with Gasteiger partial charge < -0.3 is 19.8 Å². The van der Waals surface area contributed by atoms with Crippen molar-refractivity contribution in [3.63, 3.8) is 0 Å². The maximum absolute atomic E-state index is 13.5. The third kappa shape index (κ3) is 3.51. The Morgan fingerprint density at radius 3 is 2.76 bits per heavy atom. The highest BCUT2D eigenvalue weighted by Gasteiger charge is 2.35. The van der Waals surface area contributed by atoms with E-state index in [1.54, 1.807) is 28.8 Å². The van der Waals surface area contributed by atoms with Gasteiger partial charge in [-0.05, 0) is 37.5 Å². The Balaban J connectivity index is 1.90. The fourth-order valence-electron chi connectivity index (χ4n) is 3.93. The summed E-state index contributed by atoms with van der Waals surface area (Å²) in [6, 6.07) is 8.89. The fourth-order valence-corrected chi connectivity index (χ4v) is 4.24. The quantitative estimate of drug-likeness (QED) is 0.796. The summed E-state index contributed by atoms with van der Waals surface area (Å²) in [5, 5.41) is 10.5. The lowest BCUT2D eigenvalue weighted by atomic mass is 9.84. The molecular weight excluding hydrogens is 413 g/mol. The third-order valence-corrected chi connectivity index (χ3v) is 6.12. The number of aryl methyl sites for hydroxylation is 1. The first-order valence-corrected chi connectivity index (χ1v) is 10.0. The average Bonchev–Trinajstić information content (AvgIpc) is 3.19. The lowest BCUT2D eigenvalue weighted by molar-refractivity contribution is 0.0955. The van der Waals surface area contributed by atoms with Crippen LogP contribution < -0.4 is 16.0 Å². The van der Waals surface area contributed by atoms with Gasteiger partial charge in [0, 0.05) is 18.4 Å². The van der Waals surface area contributed by atoms with Crippen molar-refractivity contribution in [3.8, 4) is 11.8 Å². The molecule has 0 saturated carbocycles. The van der Waals surface area contributed by atoms with Crippen LogP contribution in [0.25, 0.3) is 0 Å². The first-order valence-electron chi connectivity index (χ1n) is 9.29. The number of aromatic nitrogens is 1. The molecule has 3 heterocycles. The Morgan fingerprint density at radius 2 is 2.10 bits per heavy atom. The van der Waals surface area contributed by atoms with E-state index in [1.807, 2.05) is 6.92 Å². The van der Waals surface area contributed by atoms with Gasteiger partial charge in [-0.3, -0.25) is 4.79 Å². The largest absolute Gasteiger partial charge is 0.440 e. The predicted molar refractivity (Wildman–Crippen MR) is 110 cm³/mol. The molecular formula is C21H19Cl2N3O3. The molecule has 2 aromatic rings. The molecule has 150 valence electrons. The first-order chi connectivity index (χ1) is 13.9. The van der Waals surface area contributed by atoms with Gasteiger partial charge in [-0.15, -0.1) is 0 Å². The Bertz CT molecular complexity index is 1110. The van der Waals surface area contributed by atoms with E-state index >= 15 is 0 Å². The van der Waals surface area contributed by atoms with E-state index in [9.17, 15) is 10.1 Å². The summed E-state index contributed by atoms with van der Waals surface area (Å²) in [4.78, 5) is 13.5. The maximum atomic E-state index is 13.5. The number of nitrogens with two attached hydrogens (primary N) is 1. The molecule has 0 radical (unpaired) electrons. The Kier molecular flexibility index (Phi) is 5.30. The Hall–Kier alpha value is -2.46. The molecule has 2 aliphatic rings. The van der Waals surface area contributed by atoms with E-state index in [0.717, 1.165) is 18.5 Å². The molecule has 2 aliphatic heterocycles. The van der Waals surface area contributed by atoms with E-state index in [-0.39, 0.29) is 23.1 Å². The molecule has 2 N–H and O–H groups in total. The van der Waals surface area contributed by atoms with E-state index < -0.39 is 5.92 Å². The summed E-state index contributed by atoms with van der Waals surface area (Å²) in [7, 11) is 0. The second kappa shape index (κ2) is 7.75. The van der Waals surface area contributed by atoms with Crippen LogP contribution in [0.3, 0.4) is 0 Å². The number of allylic oxidation sites excluding steroid dienone is 1. The zero-order valence-corrected chi connectivity index (χ0v) is 17.3. The molecule has 1 saturated heterocycles. The van der Waals surface area contributed by atoms with Gasteiger partial charge in [-0.1, -0.05) is 29.3 Å². The minimum absolute atomic E-state index is 0.00608. The highest BCUT2D eigenvalue weighted by Crippen LogP contribution is 2.41. The normalized spacial score (nSPS) is 20.9. The van der Waals surface area contributed by atoms with Gasteiger partial charge >= 0.3 is 0 Å². The van der Waals surface area contributed by atoms with Crippen LogP contribution in [-0.2, 0) is 11.3 Å². The summed E-state index contributed by atoms with van der Waals surface area (Å²) in [5.74, 6) is -0.363. The summed E-state index contributed by atoms with van der Waals surface area (Å²) < 4.78 is 13.0. The van der Waals surface area contributed by atoms with Gasteiger partial charge in [-0.25, -0.2) is 0 Å². The lowest BCUT2D eigenvalue weighted by Gasteiger charge is -2.28. The van der Waals surface area contributed by atoms with E-state index in [2.05, 4.69) is 6.07 Å². The lowest BCUT2D eigenvalue weighted by Crippen LogP contribution is -2.35. The Morgan fingerprint density at radius 1 is 1.31 bits per heavy atom. The molecule has 0 spiro atoms. The molecule has 0 bridgehead atoms. The van der Waals surface area contributed by atoms with E-state index in [0.29, 0.717) is 40.1 Å². The van der Waals surface area contributed by atoms with Crippen molar-refractivity contribution in [2.24, 2.45) is 5.73 Å². The molecule has 2 atom stereocenters. The van der Waals surface area contributed by atoms with Crippen LogP contribution in [-0.4, -0.2) is 17.3 Å². The van der Waals surface area contributed by atoms with Crippen molar-refractivity contribution < 1.29 is 9.47 Å². The zero-order chi connectivity index (χ0) is 20.7. The second-order valence-corrected chi connectivity index (χ2v) is 8.03. The van der Waals surface area contributed by atoms with Crippen LogP contribution >= 0.6 is 23.2 Å². The number of nitriles is 1. The zero-order valence-electron chi connectivity index (χ0n) is 15.7. The van der Waals surface area contributed by atoms with Crippen molar-refractivity contribution in [3.05, 3.63) is 72.9 Å². The van der Waals surface area contributed by atoms with Crippen molar-refractivity contribution in [2.45, 2.75) is 38.3 Å². The summed E-state index contributed by atoms with van der Waals surface area (Å²) in [6.45, 7) is 3.00. The van der Waals surface area contributed by atoms with Gasteiger partial charge in [0.05, 0.1) is 34.2 Å². The van der Waals surface area contributed by atoms with Crippen molar-refractivity contribution in [1.29, 1.82) is 5.26 Å². The summed E-state index contributed by atoms with van der Waals surface area (Å²) >= 11 is 12.3. The highest BCUT2D eigenvalue weighted by atomic mass is 35.5. The molecule has 0 amide bonds. The van der Waals surface area contributed by atoms with Gasteiger partial charge in [-0.2, -0.15) is 5.26 Å². The van der Waals surface area contributed by atoms with Gasteiger partial charge in [0.2, 0.25) is 5.88 Å². The van der Waals surface area contributed by atoms with Crippen LogP contribution in [0.5, 0.6) is 5.75 Å². The molecule has 29 heavy (non-hydrogen) atoms. The number of ether oxygens (including phenoxy) is 2. The van der Waals surface area contributed by atoms with Crippen molar-refractivity contribution in [2.75, 3.05) is 6.61 Å². The summed E-state index contributed by atoms with van der Waals surface area (Å²) in [5.41, 5.74) is 7.70. The van der Waals surface area contributed by atoms with Gasteiger partial charge in [0.1, 0.15) is 17.4 Å². The van der Waals surface area contributed by atoms with E-state index in [1.165, 1.54) is 0 Å². The first kappa shape index (κ1) is 19.8. The molecule has 8 heteroatoms. The number of fused-ring (bicyclic) bond motifs is 1. The molecule has 2 unspecified atom stereocenters. The Labute approximate surface area is 178 Å². The monoisotopic (exact) mass is 431 g/mol. The number of hydrogen-bond donors (Lipinski definition) is 1.